The summed E-state index contributed by atoms with van der Waals surface area (Å²) in [7, 11) is 1.80. The summed E-state index contributed by atoms with van der Waals surface area (Å²) in [5.74, 6) is 1.07. The first-order chi connectivity index (χ1) is 9.08. The van der Waals surface area contributed by atoms with Crippen LogP contribution in [0.1, 0.15) is 6.92 Å². The third-order valence-corrected chi connectivity index (χ3v) is 2.40. The lowest BCUT2D eigenvalue weighted by Crippen LogP contribution is -1.98. The van der Waals surface area contributed by atoms with E-state index >= 15 is 0 Å². The maximum Gasteiger partial charge on any atom is 0.275 e. The van der Waals surface area contributed by atoms with E-state index < -0.39 is 4.92 Å². The van der Waals surface area contributed by atoms with E-state index in [0.717, 1.165) is 0 Å². The summed E-state index contributed by atoms with van der Waals surface area (Å²) in [4.78, 5) is 10.4. The van der Waals surface area contributed by atoms with Gasteiger partial charge in [-0.05, 0) is 6.92 Å². The number of aryl methyl sites for hydroxylation is 1. The Kier molecular flexibility index (Phi) is 3.65. The molecule has 0 amide bonds. The molecule has 0 fully saturated rings. The molecule has 0 aliphatic heterocycles. The number of hydrogen-bond donors (Lipinski definition) is 1. The zero-order valence-corrected chi connectivity index (χ0v) is 10.7. The standard InChI is InChI=1S/C12H14N4O3/c1-3-19-11-7-9(6-10(8-11)16(17)18)13-12-4-5-15(2)14-12/h4-8H,3H2,1-2H3,(H,13,14). The number of non-ortho nitro benzene ring substituents is 1. The van der Waals surface area contributed by atoms with Crippen LogP contribution in [0.5, 0.6) is 5.75 Å². The molecule has 0 bridgehead atoms. The van der Waals surface area contributed by atoms with Crippen LogP contribution in [0.25, 0.3) is 0 Å². The molecule has 0 aliphatic carbocycles. The lowest BCUT2D eigenvalue weighted by Gasteiger charge is -2.07. The molecule has 0 spiro atoms. The second-order valence-electron chi connectivity index (χ2n) is 3.91. The van der Waals surface area contributed by atoms with Crippen LogP contribution in [0, 0.1) is 10.1 Å². The summed E-state index contributed by atoms with van der Waals surface area (Å²) in [5, 5.41) is 18.0. The second-order valence-corrected chi connectivity index (χ2v) is 3.91. The van der Waals surface area contributed by atoms with Crippen LogP contribution in [-0.4, -0.2) is 21.3 Å². The molecule has 7 heteroatoms. The van der Waals surface area contributed by atoms with E-state index in [1.54, 1.807) is 30.1 Å². The highest BCUT2D eigenvalue weighted by Gasteiger charge is 2.11. The van der Waals surface area contributed by atoms with Crippen molar-refractivity contribution >= 4 is 17.2 Å². The van der Waals surface area contributed by atoms with Crippen molar-refractivity contribution in [2.45, 2.75) is 6.92 Å². The molecule has 19 heavy (non-hydrogen) atoms. The smallest absolute Gasteiger partial charge is 0.275 e. The van der Waals surface area contributed by atoms with Crippen LogP contribution in [0.4, 0.5) is 17.2 Å². The van der Waals surface area contributed by atoms with E-state index in [-0.39, 0.29) is 5.69 Å². The molecule has 2 aromatic rings. The minimum absolute atomic E-state index is 0.0237. The minimum Gasteiger partial charge on any atom is -0.494 e. The number of aromatic nitrogens is 2. The summed E-state index contributed by atoms with van der Waals surface area (Å²) in [6, 6.07) is 6.31. The number of nitrogens with one attached hydrogen (secondary N) is 1. The third-order valence-electron chi connectivity index (χ3n) is 2.40. The SMILES string of the molecule is CCOc1cc(Nc2ccn(C)n2)cc([N+](=O)[O-])c1. The number of benzene rings is 1. The van der Waals surface area contributed by atoms with Gasteiger partial charge in [-0.3, -0.25) is 14.8 Å². The predicted molar refractivity (Wildman–Crippen MR) is 70.8 cm³/mol. The van der Waals surface area contributed by atoms with Crippen molar-refractivity contribution in [2.24, 2.45) is 7.05 Å². The van der Waals surface area contributed by atoms with Crippen molar-refractivity contribution in [3.63, 3.8) is 0 Å². The van der Waals surface area contributed by atoms with Gasteiger partial charge in [-0.2, -0.15) is 5.10 Å². The Hall–Kier alpha value is -2.57. The molecule has 1 aromatic heterocycles. The van der Waals surface area contributed by atoms with E-state index in [0.29, 0.717) is 23.9 Å². The zero-order valence-electron chi connectivity index (χ0n) is 10.7. The summed E-state index contributed by atoms with van der Waals surface area (Å²) in [6.07, 6.45) is 1.78. The molecule has 0 aliphatic rings. The number of anilines is 2. The van der Waals surface area contributed by atoms with Crippen LogP contribution in [0.2, 0.25) is 0 Å². The van der Waals surface area contributed by atoms with Gasteiger partial charge in [0.1, 0.15) is 5.75 Å². The first kappa shape index (κ1) is 12.9. The van der Waals surface area contributed by atoms with Crippen molar-refractivity contribution < 1.29 is 9.66 Å². The van der Waals surface area contributed by atoms with E-state index in [1.807, 2.05) is 6.92 Å². The number of hydrogen-bond acceptors (Lipinski definition) is 5. The Morgan fingerprint density at radius 1 is 1.47 bits per heavy atom. The lowest BCUT2D eigenvalue weighted by molar-refractivity contribution is -0.384. The summed E-state index contributed by atoms with van der Waals surface area (Å²) in [6.45, 7) is 2.27. The number of nitro benzene ring substituents is 1. The van der Waals surface area contributed by atoms with E-state index in [4.69, 9.17) is 4.74 Å². The molecule has 0 saturated heterocycles. The second kappa shape index (κ2) is 5.38. The average molecular weight is 262 g/mol. The molecule has 0 unspecified atom stereocenters. The summed E-state index contributed by atoms with van der Waals surface area (Å²) >= 11 is 0. The van der Waals surface area contributed by atoms with Gasteiger partial charge in [0.15, 0.2) is 5.82 Å². The molecular weight excluding hydrogens is 248 g/mol. The number of rotatable bonds is 5. The molecule has 1 aromatic carbocycles. The van der Waals surface area contributed by atoms with Crippen LogP contribution in [0.15, 0.2) is 30.5 Å². The topological polar surface area (TPSA) is 82.2 Å². The van der Waals surface area contributed by atoms with Crippen LogP contribution in [0.3, 0.4) is 0 Å². The van der Waals surface area contributed by atoms with Crippen LogP contribution in [-0.2, 0) is 7.05 Å². The van der Waals surface area contributed by atoms with Gasteiger partial charge in [-0.15, -0.1) is 0 Å². The number of nitro groups is 1. The highest BCUT2D eigenvalue weighted by molar-refractivity contribution is 5.62. The monoisotopic (exact) mass is 262 g/mol. The number of ether oxygens (including phenoxy) is 1. The van der Waals surface area contributed by atoms with Gasteiger partial charge in [0.25, 0.3) is 5.69 Å². The average Bonchev–Trinajstić information content (AvgIpc) is 2.75. The Labute approximate surface area is 110 Å². The minimum atomic E-state index is -0.452. The molecule has 7 nitrogen and oxygen atoms in total. The van der Waals surface area contributed by atoms with Crippen molar-refractivity contribution in [1.82, 2.24) is 9.78 Å². The molecular formula is C12H14N4O3. The van der Waals surface area contributed by atoms with Gasteiger partial charge in [0.05, 0.1) is 23.3 Å². The summed E-state index contributed by atoms with van der Waals surface area (Å²) < 4.78 is 6.95. The molecule has 0 saturated carbocycles. The van der Waals surface area contributed by atoms with Gasteiger partial charge < -0.3 is 10.1 Å². The van der Waals surface area contributed by atoms with Crippen molar-refractivity contribution in [2.75, 3.05) is 11.9 Å². The Morgan fingerprint density at radius 3 is 2.84 bits per heavy atom. The van der Waals surface area contributed by atoms with Gasteiger partial charge in [0.2, 0.25) is 0 Å². The zero-order chi connectivity index (χ0) is 13.8. The Morgan fingerprint density at radius 2 is 2.26 bits per heavy atom. The van der Waals surface area contributed by atoms with Gasteiger partial charge in [-0.1, -0.05) is 0 Å². The fourth-order valence-corrected chi connectivity index (χ4v) is 1.64. The largest absolute Gasteiger partial charge is 0.494 e. The van der Waals surface area contributed by atoms with Gasteiger partial charge in [0, 0.05) is 31.4 Å². The van der Waals surface area contributed by atoms with E-state index in [2.05, 4.69) is 10.4 Å². The number of nitrogens with zero attached hydrogens (tertiary/aromatic N) is 3. The fraction of sp³-hybridized carbons (Fsp3) is 0.250. The first-order valence-electron chi connectivity index (χ1n) is 5.77. The van der Waals surface area contributed by atoms with Crippen molar-refractivity contribution in [3.8, 4) is 5.75 Å². The first-order valence-corrected chi connectivity index (χ1v) is 5.77. The molecule has 0 radical (unpaired) electrons. The molecule has 1 N–H and O–H groups in total. The van der Waals surface area contributed by atoms with E-state index in [9.17, 15) is 10.1 Å². The highest BCUT2D eigenvalue weighted by Crippen LogP contribution is 2.27. The van der Waals surface area contributed by atoms with Gasteiger partial charge >= 0.3 is 0 Å². The van der Waals surface area contributed by atoms with Crippen molar-refractivity contribution in [1.29, 1.82) is 0 Å². The predicted octanol–water partition coefficient (Wildman–Crippen LogP) is 2.47. The quantitative estimate of drug-likeness (QED) is 0.661. The maximum absolute atomic E-state index is 10.9. The molecule has 2 rings (SSSR count). The fourth-order valence-electron chi connectivity index (χ4n) is 1.64. The molecule has 1 heterocycles. The third kappa shape index (κ3) is 3.21. The Bertz CT molecular complexity index is 594. The highest BCUT2D eigenvalue weighted by atomic mass is 16.6. The van der Waals surface area contributed by atoms with Crippen LogP contribution >= 0.6 is 0 Å². The molecule has 0 atom stereocenters. The lowest BCUT2D eigenvalue weighted by atomic mass is 10.2. The normalized spacial score (nSPS) is 10.2. The maximum atomic E-state index is 10.9. The van der Waals surface area contributed by atoms with Gasteiger partial charge in [-0.25, -0.2) is 0 Å². The van der Waals surface area contributed by atoms with Crippen LogP contribution < -0.4 is 10.1 Å². The van der Waals surface area contributed by atoms with E-state index in [1.165, 1.54) is 12.1 Å². The molecule has 100 valence electrons. The van der Waals surface area contributed by atoms with Crippen molar-refractivity contribution in [3.05, 3.63) is 40.6 Å². The summed E-state index contributed by atoms with van der Waals surface area (Å²) in [5.41, 5.74) is 0.542. The Balaban J connectivity index is 2.30.